The summed E-state index contributed by atoms with van der Waals surface area (Å²) >= 11 is 0. The van der Waals surface area contributed by atoms with Gasteiger partial charge in [0.05, 0.1) is 6.61 Å². The van der Waals surface area contributed by atoms with Crippen LogP contribution in [0.1, 0.15) is 23.6 Å². The second-order valence-corrected chi connectivity index (χ2v) is 7.68. The summed E-state index contributed by atoms with van der Waals surface area (Å²) in [5, 5.41) is 0.949. The van der Waals surface area contributed by atoms with E-state index in [2.05, 4.69) is 40.6 Å². The Morgan fingerprint density at radius 2 is 1.70 bits per heavy atom. The van der Waals surface area contributed by atoms with Gasteiger partial charge in [0.1, 0.15) is 11.3 Å². The molecule has 1 saturated heterocycles. The van der Waals surface area contributed by atoms with Gasteiger partial charge in [-0.1, -0.05) is 36.9 Å². The van der Waals surface area contributed by atoms with Crippen molar-refractivity contribution in [1.82, 2.24) is 9.80 Å². The second-order valence-electron chi connectivity index (χ2n) is 7.68. The molecule has 4 rings (SSSR count). The van der Waals surface area contributed by atoms with E-state index in [1.54, 1.807) is 6.07 Å². The van der Waals surface area contributed by atoms with Gasteiger partial charge in [0, 0.05) is 50.7 Å². The Hall–Kier alpha value is -2.89. The van der Waals surface area contributed by atoms with Gasteiger partial charge in [-0.3, -0.25) is 9.80 Å². The minimum absolute atomic E-state index is 0.303. The fourth-order valence-corrected chi connectivity index (χ4v) is 3.96. The molecular weight excluding hydrogens is 376 g/mol. The van der Waals surface area contributed by atoms with E-state index in [1.165, 1.54) is 5.56 Å². The van der Waals surface area contributed by atoms with Gasteiger partial charge >= 0.3 is 5.63 Å². The highest BCUT2D eigenvalue weighted by molar-refractivity contribution is 5.81. The first-order valence-corrected chi connectivity index (χ1v) is 10.5. The normalized spacial score (nSPS) is 15.4. The van der Waals surface area contributed by atoms with Crippen molar-refractivity contribution in [2.24, 2.45) is 0 Å². The quantitative estimate of drug-likeness (QED) is 0.554. The van der Waals surface area contributed by atoms with Crippen molar-refractivity contribution < 1.29 is 9.15 Å². The standard InChI is InChI=1S/C25H28N2O3/c1-3-19-5-7-20(8-6-19)17-26-11-13-27(14-12-26)18-21-15-25(28)30-24-10-9-22(29-4-2)16-23(21)24/h3,5-10,15-16H,1,4,11-14,17-18H2,2H3. The van der Waals surface area contributed by atoms with Crippen molar-refractivity contribution in [2.75, 3.05) is 32.8 Å². The number of nitrogens with zero attached hydrogens (tertiary/aromatic N) is 2. The maximum Gasteiger partial charge on any atom is 0.336 e. The van der Waals surface area contributed by atoms with Crippen molar-refractivity contribution >= 4 is 17.0 Å². The first-order chi connectivity index (χ1) is 14.6. The molecule has 0 spiro atoms. The summed E-state index contributed by atoms with van der Waals surface area (Å²) in [6.07, 6.45) is 1.87. The largest absolute Gasteiger partial charge is 0.494 e. The molecule has 0 N–H and O–H groups in total. The van der Waals surface area contributed by atoms with E-state index in [0.29, 0.717) is 12.2 Å². The molecule has 3 aromatic rings. The minimum Gasteiger partial charge on any atom is -0.494 e. The predicted molar refractivity (Wildman–Crippen MR) is 121 cm³/mol. The average molecular weight is 405 g/mol. The summed E-state index contributed by atoms with van der Waals surface area (Å²) in [4.78, 5) is 16.9. The lowest BCUT2D eigenvalue weighted by Gasteiger charge is -2.34. The zero-order valence-electron chi connectivity index (χ0n) is 17.5. The summed E-state index contributed by atoms with van der Waals surface area (Å²) in [6, 6.07) is 15.8. The van der Waals surface area contributed by atoms with E-state index in [-0.39, 0.29) is 5.63 Å². The molecule has 1 aliphatic heterocycles. The summed E-state index contributed by atoms with van der Waals surface area (Å²) < 4.78 is 11.0. The summed E-state index contributed by atoms with van der Waals surface area (Å²) in [6.45, 7) is 12.0. The molecule has 2 heterocycles. The number of benzene rings is 2. The Morgan fingerprint density at radius 3 is 2.37 bits per heavy atom. The van der Waals surface area contributed by atoms with Gasteiger partial charge in [0.15, 0.2) is 0 Å². The van der Waals surface area contributed by atoms with Gasteiger partial charge in [0.25, 0.3) is 0 Å². The van der Waals surface area contributed by atoms with Crippen molar-refractivity contribution in [3.8, 4) is 5.75 Å². The molecule has 0 aliphatic carbocycles. The summed E-state index contributed by atoms with van der Waals surface area (Å²) in [5.74, 6) is 0.799. The molecule has 0 bridgehead atoms. The van der Waals surface area contributed by atoms with E-state index in [1.807, 2.05) is 31.2 Å². The van der Waals surface area contributed by atoms with E-state index in [4.69, 9.17) is 9.15 Å². The fraction of sp³-hybridized carbons (Fsp3) is 0.320. The fourth-order valence-electron chi connectivity index (χ4n) is 3.96. The molecule has 30 heavy (non-hydrogen) atoms. The zero-order chi connectivity index (χ0) is 20.9. The maximum atomic E-state index is 12.0. The van der Waals surface area contributed by atoms with Crippen LogP contribution in [0, 0.1) is 0 Å². The van der Waals surface area contributed by atoms with E-state index >= 15 is 0 Å². The van der Waals surface area contributed by atoms with Crippen molar-refractivity contribution in [1.29, 1.82) is 0 Å². The smallest absolute Gasteiger partial charge is 0.336 e. The van der Waals surface area contributed by atoms with Gasteiger partial charge in [0.2, 0.25) is 0 Å². The first-order valence-electron chi connectivity index (χ1n) is 10.5. The van der Waals surface area contributed by atoms with Crippen LogP contribution in [-0.4, -0.2) is 42.6 Å². The third-order valence-electron chi connectivity index (χ3n) is 5.59. The molecular formula is C25H28N2O3. The molecule has 156 valence electrons. The Morgan fingerprint density at radius 1 is 1.00 bits per heavy atom. The van der Waals surface area contributed by atoms with Crippen molar-refractivity contribution in [2.45, 2.75) is 20.0 Å². The molecule has 5 heteroatoms. The molecule has 0 radical (unpaired) electrons. The Balaban J connectivity index is 1.41. The Kier molecular flexibility index (Phi) is 6.31. The van der Waals surface area contributed by atoms with Crippen LogP contribution in [0.5, 0.6) is 5.75 Å². The van der Waals surface area contributed by atoms with Crippen LogP contribution in [0.2, 0.25) is 0 Å². The zero-order valence-corrected chi connectivity index (χ0v) is 17.5. The number of piperazine rings is 1. The highest BCUT2D eigenvalue weighted by atomic mass is 16.5. The van der Waals surface area contributed by atoms with Crippen LogP contribution in [0.15, 0.2) is 64.3 Å². The molecule has 0 unspecified atom stereocenters. The minimum atomic E-state index is -0.303. The van der Waals surface area contributed by atoms with Gasteiger partial charge in [-0.2, -0.15) is 0 Å². The molecule has 0 amide bonds. The number of hydrogen-bond acceptors (Lipinski definition) is 5. The van der Waals surface area contributed by atoms with Gasteiger partial charge in [-0.15, -0.1) is 0 Å². The molecule has 5 nitrogen and oxygen atoms in total. The Labute approximate surface area is 177 Å². The highest BCUT2D eigenvalue weighted by Crippen LogP contribution is 2.24. The average Bonchev–Trinajstić information content (AvgIpc) is 2.76. The number of ether oxygens (including phenoxy) is 1. The molecule has 1 aliphatic rings. The summed E-state index contributed by atoms with van der Waals surface area (Å²) in [5.41, 5.74) is 3.78. The van der Waals surface area contributed by atoms with Crippen molar-refractivity contribution in [3.63, 3.8) is 0 Å². The van der Waals surface area contributed by atoms with Gasteiger partial charge in [-0.05, 0) is 41.8 Å². The monoisotopic (exact) mass is 404 g/mol. The third kappa shape index (κ3) is 4.81. The number of rotatable bonds is 7. The van der Waals surface area contributed by atoms with Crippen LogP contribution >= 0.6 is 0 Å². The van der Waals surface area contributed by atoms with E-state index in [9.17, 15) is 4.79 Å². The summed E-state index contributed by atoms with van der Waals surface area (Å²) in [7, 11) is 0. The molecule has 0 atom stereocenters. The predicted octanol–water partition coefficient (Wildman–Crippen LogP) is 4.15. The van der Waals surface area contributed by atoms with Crippen LogP contribution in [0.4, 0.5) is 0 Å². The third-order valence-corrected chi connectivity index (χ3v) is 5.59. The molecule has 2 aromatic carbocycles. The van der Waals surface area contributed by atoms with E-state index < -0.39 is 0 Å². The lowest BCUT2D eigenvalue weighted by Crippen LogP contribution is -2.45. The van der Waals surface area contributed by atoms with Crippen LogP contribution in [0.3, 0.4) is 0 Å². The lowest BCUT2D eigenvalue weighted by molar-refractivity contribution is 0.122. The molecule has 1 fully saturated rings. The van der Waals surface area contributed by atoms with Crippen LogP contribution in [-0.2, 0) is 13.1 Å². The van der Waals surface area contributed by atoms with Crippen molar-refractivity contribution in [3.05, 3.63) is 82.2 Å². The first kappa shape index (κ1) is 20.4. The van der Waals surface area contributed by atoms with E-state index in [0.717, 1.165) is 61.5 Å². The molecule has 1 aromatic heterocycles. The maximum absolute atomic E-state index is 12.0. The number of fused-ring (bicyclic) bond motifs is 1. The SMILES string of the molecule is C=Cc1ccc(CN2CCN(Cc3cc(=O)oc4ccc(OCC)cc34)CC2)cc1. The second kappa shape index (κ2) is 9.28. The Bertz CT molecular complexity index is 1060. The highest BCUT2D eigenvalue weighted by Gasteiger charge is 2.19. The van der Waals surface area contributed by atoms with Gasteiger partial charge < -0.3 is 9.15 Å². The number of hydrogen-bond donors (Lipinski definition) is 0. The van der Waals surface area contributed by atoms with Crippen LogP contribution in [0.25, 0.3) is 17.0 Å². The topological polar surface area (TPSA) is 45.9 Å². The lowest BCUT2D eigenvalue weighted by atomic mass is 10.1. The van der Waals surface area contributed by atoms with Gasteiger partial charge in [-0.25, -0.2) is 4.79 Å². The van der Waals surface area contributed by atoms with Crippen LogP contribution < -0.4 is 10.4 Å². The molecule has 0 saturated carbocycles.